The van der Waals surface area contributed by atoms with E-state index in [0.29, 0.717) is 16.8 Å². The average molecular weight is 292 g/mol. The minimum absolute atomic E-state index is 0.00748. The van der Waals surface area contributed by atoms with Gasteiger partial charge in [-0.25, -0.2) is 14.2 Å². The summed E-state index contributed by atoms with van der Waals surface area (Å²) in [7, 11) is 0. The van der Waals surface area contributed by atoms with Crippen LogP contribution in [0.25, 0.3) is 4.83 Å². The fourth-order valence-electron chi connectivity index (χ4n) is 1.76. The van der Waals surface area contributed by atoms with Crippen molar-refractivity contribution in [1.29, 1.82) is 0 Å². The molecule has 104 valence electrons. The van der Waals surface area contributed by atoms with Crippen molar-refractivity contribution >= 4 is 22.1 Å². The van der Waals surface area contributed by atoms with Gasteiger partial charge in [0.15, 0.2) is 0 Å². The number of thiazole rings is 1. The molecule has 2 heterocycles. The van der Waals surface area contributed by atoms with Crippen molar-refractivity contribution in [1.82, 2.24) is 8.97 Å². The molecular weight excluding hydrogens is 280 g/mol. The van der Waals surface area contributed by atoms with Crippen LogP contribution in [0, 0.1) is 18.8 Å². The first-order chi connectivity index (χ1) is 9.47. The summed E-state index contributed by atoms with van der Waals surface area (Å²) < 4.78 is 2.21. The summed E-state index contributed by atoms with van der Waals surface area (Å²) in [5, 5.41) is 8.97. The Hall–Kier alpha value is -2.33. The number of carboxylic acid groups (broad SMARTS) is 1. The van der Waals surface area contributed by atoms with Gasteiger partial charge in [0.25, 0.3) is 5.56 Å². The minimum atomic E-state index is -1.12. The third kappa shape index (κ3) is 2.26. The van der Waals surface area contributed by atoms with Gasteiger partial charge >= 0.3 is 11.7 Å². The molecule has 0 atom stereocenters. The summed E-state index contributed by atoms with van der Waals surface area (Å²) in [4.78, 5) is 35.7. The number of aromatic nitrogens is 2. The van der Waals surface area contributed by atoms with E-state index in [1.807, 2.05) is 6.92 Å². The number of hydrogen-bond donors (Lipinski definition) is 1. The quantitative estimate of drug-likeness (QED) is 0.835. The molecule has 0 amide bonds. The molecule has 6 nitrogen and oxygen atoms in total. The molecule has 0 bridgehead atoms. The topological polar surface area (TPSA) is 80.8 Å². The van der Waals surface area contributed by atoms with E-state index in [0.717, 1.165) is 15.9 Å². The summed E-state index contributed by atoms with van der Waals surface area (Å²) in [6.45, 7) is 3.45. The van der Waals surface area contributed by atoms with Crippen LogP contribution < -0.4 is 11.2 Å². The smallest absolute Gasteiger partial charge is 0.347 e. The Morgan fingerprint density at radius 3 is 2.70 bits per heavy atom. The highest BCUT2D eigenvalue weighted by molar-refractivity contribution is 7.19. The van der Waals surface area contributed by atoms with Gasteiger partial charge in [-0.2, -0.15) is 0 Å². The summed E-state index contributed by atoms with van der Waals surface area (Å²) in [5.74, 6) is 4.41. The number of hydrogen-bond acceptors (Lipinski definition) is 4. The van der Waals surface area contributed by atoms with Gasteiger partial charge in [0.2, 0.25) is 0 Å². The molecule has 0 aliphatic rings. The maximum absolute atomic E-state index is 12.2. The number of nitrogens with zero attached hydrogens (tertiary/aromatic N) is 2. The molecule has 0 saturated heterocycles. The van der Waals surface area contributed by atoms with E-state index < -0.39 is 17.2 Å². The van der Waals surface area contributed by atoms with Crippen LogP contribution in [0.2, 0.25) is 0 Å². The summed E-state index contributed by atoms with van der Waals surface area (Å²) in [6.07, 6.45) is 1.87. The second-order valence-electron chi connectivity index (χ2n) is 4.08. The molecular formula is C13H12N2O4S. The van der Waals surface area contributed by atoms with Crippen molar-refractivity contribution < 1.29 is 9.90 Å². The molecule has 2 aromatic rings. The fraction of sp³-hybridized carbons (Fsp3) is 0.308. The van der Waals surface area contributed by atoms with Crippen LogP contribution in [0.4, 0.5) is 0 Å². The molecule has 2 rings (SSSR count). The second kappa shape index (κ2) is 5.35. The van der Waals surface area contributed by atoms with Crippen LogP contribution in [0.3, 0.4) is 0 Å². The van der Waals surface area contributed by atoms with Gasteiger partial charge in [-0.15, -0.1) is 17.3 Å². The van der Waals surface area contributed by atoms with E-state index in [1.54, 1.807) is 6.92 Å². The van der Waals surface area contributed by atoms with E-state index in [-0.39, 0.29) is 11.4 Å². The zero-order chi connectivity index (χ0) is 14.9. The number of aryl methyl sites for hydroxylation is 1. The average Bonchev–Trinajstić information content (AvgIpc) is 2.86. The number of rotatable bonds is 2. The Bertz CT molecular complexity index is 861. The van der Waals surface area contributed by atoms with E-state index in [4.69, 9.17) is 5.11 Å². The maximum atomic E-state index is 12.2. The molecule has 0 saturated carbocycles. The van der Waals surface area contributed by atoms with Crippen LogP contribution in [-0.4, -0.2) is 20.0 Å². The summed E-state index contributed by atoms with van der Waals surface area (Å²) >= 11 is 0.911. The second-order valence-corrected chi connectivity index (χ2v) is 5.11. The van der Waals surface area contributed by atoms with Crippen LogP contribution in [-0.2, 0) is 6.54 Å². The lowest BCUT2D eigenvalue weighted by molar-refractivity contribution is 0.0701. The lowest BCUT2D eigenvalue weighted by Gasteiger charge is -2.03. The standard InChI is InChI=1S/C13H12N2O4S/c1-3-4-5-6-14-10(16)8(2)11-15(13(14)19)7-9(20-11)12(17)18/h7H,3,6H2,1-2H3,(H,17,18). The van der Waals surface area contributed by atoms with E-state index in [1.165, 1.54) is 10.6 Å². The molecule has 7 heteroatoms. The zero-order valence-corrected chi connectivity index (χ0v) is 11.8. The van der Waals surface area contributed by atoms with Crippen molar-refractivity contribution in [2.75, 3.05) is 0 Å². The highest BCUT2D eigenvalue weighted by Crippen LogP contribution is 2.17. The molecule has 0 spiro atoms. The Labute approximate surface area is 117 Å². The Morgan fingerprint density at radius 1 is 1.40 bits per heavy atom. The SMILES string of the molecule is CCC#CCn1c(=O)c(C)c2sc(C(=O)O)cn2c1=O. The molecule has 0 unspecified atom stereocenters. The zero-order valence-electron chi connectivity index (χ0n) is 11.0. The van der Waals surface area contributed by atoms with Crippen LogP contribution in [0.15, 0.2) is 15.8 Å². The normalized spacial score (nSPS) is 10.3. The van der Waals surface area contributed by atoms with E-state index >= 15 is 0 Å². The van der Waals surface area contributed by atoms with Crippen LogP contribution in [0.1, 0.15) is 28.6 Å². The highest BCUT2D eigenvalue weighted by atomic mass is 32.1. The van der Waals surface area contributed by atoms with Crippen molar-refractivity contribution in [3.63, 3.8) is 0 Å². The molecule has 0 aliphatic heterocycles. The third-order valence-electron chi connectivity index (χ3n) is 2.75. The fourth-order valence-corrected chi connectivity index (χ4v) is 2.69. The van der Waals surface area contributed by atoms with Gasteiger partial charge in [-0.3, -0.25) is 9.20 Å². The molecule has 0 aromatic carbocycles. The number of aromatic carboxylic acids is 1. The van der Waals surface area contributed by atoms with Gasteiger partial charge in [0, 0.05) is 18.2 Å². The highest BCUT2D eigenvalue weighted by Gasteiger charge is 2.16. The molecule has 0 aliphatic carbocycles. The molecule has 1 N–H and O–H groups in total. The van der Waals surface area contributed by atoms with Gasteiger partial charge in [0.05, 0.1) is 6.54 Å². The third-order valence-corrected chi connectivity index (χ3v) is 3.94. The van der Waals surface area contributed by atoms with Crippen molar-refractivity contribution in [2.24, 2.45) is 0 Å². The van der Waals surface area contributed by atoms with Crippen LogP contribution >= 0.6 is 11.3 Å². The number of fused-ring (bicyclic) bond motifs is 1. The van der Waals surface area contributed by atoms with Gasteiger partial charge in [-0.05, 0) is 6.92 Å². The molecule has 0 radical (unpaired) electrons. The first kappa shape index (κ1) is 14.1. The lowest BCUT2D eigenvalue weighted by atomic mass is 10.3. The monoisotopic (exact) mass is 292 g/mol. The summed E-state index contributed by atoms with van der Waals surface area (Å²) in [5.41, 5.74) is -0.649. The summed E-state index contributed by atoms with van der Waals surface area (Å²) in [6, 6.07) is 0. The minimum Gasteiger partial charge on any atom is -0.477 e. The van der Waals surface area contributed by atoms with Crippen LogP contribution in [0.5, 0.6) is 0 Å². The molecule has 0 fully saturated rings. The van der Waals surface area contributed by atoms with Gasteiger partial charge in [0.1, 0.15) is 9.71 Å². The Balaban J connectivity index is 2.75. The largest absolute Gasteiger partial charge is 0.477 e. The number of carboxylic acids is 1. The van der Waals surface area contributed by atoms with E-state index in [2.05, 4.69) is 11.8 Å². The van der Waals surface area contributed by atoms with Crippen molar-refractivity contribution in [3.05, 3.63) is 37.5 Å². The van der Waals surface area contributed by atoms with E-state index in [9.17, 15) is 14.4 Å². The predicted octanol–water partition coefficient (Wildman–Crippen LogP) is 0.943. The van der Waals surface area contributed by atoms with Crippen molar-refractivity contribution in [3.8, 4) is 11.8 Å². The molecule has 20 heavy (non-hydrogen) atoms. The first-order valence-electron chi connectivity index (χ1n) is 5.92. The first-order valence-corrected chi connectivity index (χ1v) is 6.73. The lowest BCUT2D eigenvalue weighted by Crippen LogP contribution is -2.38. The van der Waals surface area contributed by atoms with Gasteiger partial charge in [-0.1, -0.05) is 12.8 Å². The number of carbonyl (C=O) groups is 1. The predicted molar refractivity (Wildman–Crippen MR) is 75.6 cm³/mol. The van der Waals surface area contributed by atoms with Gasteiger partial charge < -0.3 is 5.11 Å². The maximum Gasteiger partial charge on any atom is 0.347 e. The Morgan fingerprint density at radius 2 is 2.10 bits per heavy atom. The van der Waals surface area contributed by atoms with Crippen molar-refractivity contribution in [2.45, 2.75) is 26.8 Å². The molecule has 2 aromatic heterocycles. The Kier molecular flexibility index (Phi) is 3.77.